The molecular formula is C12H16ClNO2S. The van der Waals surface area contributed by atoms with E-state index in [1.54, 1.807) is 0 Å². The van der Waals surface area contributed by atoms with Crippen molar-refractivity contribution in [3.05, 3.63) is 34.9 Å². The van der Waals surface area contributed by atoms with Gasteiger partial charge in [0.2, 0.25) is 0 Å². The summed E-state index contributed by atoms with van der Waals surface area (Å²) < 4.78 is 22.5. The van der Waals surface area contributed by atoms with Crippen molar-refractivity contribution in [3.8, 4) is 0 Å². The van der Waals surface area contributed by atoms with E-state index in [0.29, 0.717) is 5.75 Å². The molecule has 1 aromatic carbocycles. The van der Waals surface area contributed by atoms with E-state index >= 15 is 0 Å². The number of rotatable bonds is 4. The molecule has 17 heavy (non-hydrogen) atoms. The van der Waals surface area contributed by atoms with Crippen LogP contribution in [0.3, 0.4) is 0 Å². The Hall–Kier alpha value is -0.580. The molecule has 3 nitrogen and oxygen atoms in total. The summed E-state index contributed by atoms with van der Waals surface area (Å²) >= 11 is 5.80. The molecule has 0 bridgehead atoms. The third-order valence-corrected chi connectivity index (χ3v) is 5.01. The van der Waals surface area contributed by atoms with Crippen LogP contribution in [0, 0.1) is 0 Å². The van der Waals surface area contributed by atoms with Crippen LogP contribution in [0.15, 0.2) is 24.3 Å². The van der Waals surface area contributed by atoms with Crippen molar-refractivity contribution in [2.45, 2.75) is 18.9 Å². The maximum Gasteiger partial charge on any atom is 0.151 e. The van der Waals surface area contributed by atoms with Crippen molar-refractivity contribution >= 4 is 21.4 Å². The molecular weight excluding hydrogens is 258 g/mol. The average Bonchev–Trinajstić information content (AvgIpc) is 2.61. The maximum atomic E-state index is 11.3. The smallest absolute Gasteiger partial charge is 0.151 e. The largest absolute Gasteiger partial charge is 0.313 e. The summed E-state index contributed by atoms with van der Waals surface area (Å²) in [5.41, 5.74) is 1.21. The van der Waals surface area contributed by atoms with Gasteiger partial charge in [0.1, 0.15) is 0 Å². The van der Waals surface area contributed by atoms with Crippen LogP contribution in [0.2, 0.25) is 5.02 Å². The monoisotopic (exact) mass is 273 g/mol. The van der Waals surface area contributed by atoms with E-state index < -0.39 is 9.84 Å². The predicted octanol–water partition coefficient (Wildman–Crippen LogP) is 1.66. The highest BCUT2D eigenvalue weighted by molar-refractivity contribution is 7.91. The number of sulfone groups is 1. The minimum absolute atomic E-state index is 0.132. The predicted molar refractivity (Wildman–Crippen MR) is 70.2 cm³/mol. The summed E-state index contributed by atoms with van der Waals surface area (Å²) in [6, 6.07) is 7.87. The van der Waals surface area contributed by atoms with E-state index in [0.717, 1.165) is 24.4 Å². The third kappa shape index (κ3) is 3.98. The third-order valence-electron chi connectivity index (χ3n) is 2.99. The molecule has 2 rings (SSSR count). The van der Waals surface area contributed by atoms with Gasteiger partial charge in [-0.05, 0) is 37.1 Å². The summed E-state index contributed by atoms with van der Waals surface area (Å²) in [5.74, 6) is 0.610. The van der Waals surface area contributed by atoms with Crippen LogP contribution in [0.5, 0.6) is 0 Å². The Morgan fingerprint density at radius 1 is 1.29 bits per heavy atom. The Morgan fingerprint density at radius 2 is 2.00 bits per heavy atom. The van der Waals surface area contributed by atoms with Gasteiger partial charge >= 0.3 is 0 Å². The van der Waals surface area contributed by atoms with Crippen LogP contribution in [0.1, 0.15) is 12.0 Å². The zero-order chi connectivity index (χ0) is 12.3. The molecule has 0 amide bonds. The average molecular weight is 274 g/mol. The quantitative estimate of drug-likeness (QED) is 0.908. The first kappa shape index (κ1) is 12.9. The molecule has 0 radical (unpaired) electrons. The molecule has 1 fully saturated rings. The number of hydrogen-bond donors (Lipinski definition) is 1. The highest BCUT2D eigenvalue weighted by Gasteiger charge is 2.26. The van der Waals surface area contributed by atoms with Crippen LogP contribution in [0.4, 0.5) is 0 Å². The van der Waals surface area contributed by atoms with Crippen molar-refractivity contribution in [2.75, 3.05) is 18.1 Å². The topological polar surface area (TPSA) is 46.2 Å². The lowest BCUT2D eigenvalue weighted by Crippen LogP contribution is -2.31. The fraction of sp³-hybridized carbons (Fsp3) is 0.500. The van der Waals surface area contributed by atoms with Gasteiger partial charge < -0.3 is 5.32 Å². The zero-order valence-electron chi connectivity index (χ0n) is 9.52. The first-order chi connectivity index (χ1) is 8.05. The summed E-state index contributed by atoms with van der Waals surface area (Å²) in [6.07, 6.45) is 1.64. The van der Waals surface area contributed by atoms with Crippen LogP contribution >= 0.6 is 11.6 Å². The SMILES string of the molecule is O=S1(=O)CCC(NCCc2ccc(Cl)cc2)C1. The Kier molecular flexibility index (Phi) is 4.07. The maximum absolute atomic E-state index is 11.3. The summed E-state index contributed by atoms with van der Waals surface area (Å²) in [6.45, 7) is 0.807. The highest BCUT2D eigenvalue weighted by atomic mass is 35.5. The number of nitrogens with one attached hydrogen (secondary N) is 1. The van der Waals surface area contributed by atoms with Gasteiger partial charge in [-0.1, -0.05) is 23.7 Å². The molecule has 1 unspecified atom stereocenters. The van der Waals surface area contributed by atoms with E-state index in [2.05, 4.69) is 5.32 Å². The fourth-order valence-electron chi connectivity index (χ4n) is 2.03. The van der Waals surface area contributed by atoms with E-state index in [4.69, 9.17) is 11.6 Å². The molecule has 94 valence electrons. The molecule has 0 aromatic heterocycles. The molecule has 1 aromatic rings. The molecule has 0 spiro atoms. The van der Waals surface area contributed by atoms with E-state index in [9.17, 15) is 8.42 Å². The van der Waals surface area contributed by atoms with Gasteiger partial charge in [-0.15, -0.1) is 0 Å². The van der Waals surface area contributed by atoms with Gasteiger partial charge in [0.25, 0.3) is 0 Å². The minimum atomic E-state index is -2.78. The number of benzene rings is 1. The second-order valence-corrected chi connectivity index (χ2v) is 7.10. The minimum Gasteiger partial charge on any atom is -0.313 e. The Bertz CT molecular complexity index is 470. The zero-order valence-corrected chi connectivity index (χ0v) is 11.1. The van der Waals surface area contributed by atoms with E-state index in [1.807, 2.05) is 24.3 Å². The molecule has 1 saturated heterocycles. The van der Waals surface area contributed by atoms with Crippen molar-refractivity contribution in [1.29, 1.82) is 0 Å². The van der Waals surface area contributed by atoms with Gasteiger partial charge in [-0.2, -0.15) is 0 Å². The van der Waals surface area contributed by atoms with Crippen molar-refractivity contribution in [1.82, 2.24) is 5.32 Å². The standard InChI is InChI=1S/C12H16ClNO2S/c13-11-3-1-10(2-4-11)5-7-14-12-6-8-17(15,16)9-12/h1-4,12,14H,5-9H2. The second-order valence-electron chi connectivity index (χ2n) is 4.43. The van der Waals surface area contributed by atoms with Crippen molar-refractivity contribution < 1.29 is 8.42 Å². The fourth-order valence-corrected chi connectivity index (χ4v) is 3.86. The van der Waals surface area contributed by atoms with Gasteiger partial charge in [0.15, 0.2) is 9.84 Å². The molecule has 1 aliphatic rings. The molecule has 0 aliphatic carbocycles. The van der Waals surface area contributed by atoms with Gasteiger partial charge in [0.05, 0.1) is 11.5 Å². The molecule has 1 N–H and O–H groups in total. The normalized spacial score (nSPS) is 22.8. The van der Waals surface area contributed by atoms with Crippen molar-refractivity contribution in [3.63, 3.8) is 0 Å². The lowest BCUT2D eigenvalue weighted by molar-refractivity contribution is 0.557. The van der Waals surface area contributed by atoms with Crippen molar-refractivity contribution in [2.24, 2.45) is 0 Å². The molecule has 0 saturated carbocycles. The summed E-state index contributed by atoms with van der Waals surface area (Å²) in [7, 11) is -2.78. The van der Waals surface area contributed by atoms with Gasteiger partial charge in [-0.3, -0.25) is 0 Å². The van der Waals surface area contributed by atoms with E-state index in [-0.39, 0.29) is 11.8 Å². The number of halogens is 1. The first-order valence-electron chi connectivity index (χ1n) is 5.73. The first-order valence-corrected chi connectivity index (χ1v) is 7.93. The van der Waals surface area contributed by atoms with Gasteiger partial charge in [-0.25, -0.2) is 8.42 Å². The molecule has 1 aliphatic heterocycles. The second kappa shape index (κ2) is 5.38. The van der Waals surface area contributed by atoms with Crippen LogP contribution in [0.25, 0.3) is 0 Å². The Labute approximate surface area is 107 Å². The summed E-state index contributed by atoms with van der Waals surface area (Å²) in [5, 5.41) is 4.03. The Morgan fingerprint density at radius 3 is 2.59 bits per heavy atom. The summed E-state index contributed by atoms with van der Waals surface area (Å²) in [4.78, 5) is 0. The van der Waals surface area contributed by atoms with Crippen LogP contribution in [-0.2, 0) is 16.3 Å². The molecule has 1 heterocycles. The van der Waals surface area contributed by atoms with Crippen LogP contribution < -0.4 is 5.32 Å². The van der Waals surface area contributed by atoms with E-state index in [1.165, 1.54) is 5.56 Å². The molecule has 1 atom stereocenters. The molecule has 5 heteroatoms. The van der Waals surface area contributed by atoms with Gasteiger partial charge in [0, 0.05) is 11.1 Å². The lowest BCUT2D eigenvalue weighted by Gasteiger charge is -2.10. The highest BCUT2D eigenvalue weighted by Crippen LogP contribution is 2.12. The Balaban J connectivity index is 1.75. The lowest BCUT2D eigenvalue weighted by atomic mass is 10.1. The van der Waals surface area contributed by atoms with Crippen LogP contribution in [-0.4, -0.2) is 32.5 Å². The number of hydrogen-bond acceptors (Lipinski definition) is 3.